The predicted molar refractivity (Wildman–Crippen MR) is 154 cm³/mol. The van der Waals surface area contributed by atoms with Crippen molar-refractivity contribution in [3.05, 3.63) is 85.3 Å². The molecule has 8 nitrogen and oxygen atoms in total. The second-order valence-electron chi connectivity index (χ2n) is 9.41. The average Bonchev–Trinajstić information content (AvgIpc) is 3.29. The van der Waals surface area contributed by atoms with Crippen LogP contribution in [0.15, 0.2) is 59.4 Å². The zero-order valence-electron chi connectivity index (χ0n) is 22.0. The maximum Gasteiger partial charge on any atom is 0.270 e. The van der Waals surface area contributed by atoms with E-state index < -0.39 is 5.91 Å². The van der Waals surface area contributed by atoms with Crippen molar-refractivity contribution in [2.24, 2.45) is 0 Å². The number of amides is 1. The van der Waals surface area contributed by atoms with Gasteiger partial charge >= 0.3 is 0 Å². The van der Waals surface area contributed by atoms with Gasteiger partial charge in [0.2, 0.25) is 0 Å². The number of aromatic nitrogens is 1. The molecule has 1 aliphatic heterocycles. The molecule has 1 aliphatic rings. The van der Waals surface area contributed by atoms with Crippen molar-refractivity contribution in [1.82, 2.24) is 14.8 Å². The first-order valence-corrected chi connectivity index (χ1v) is 14.0. The number of likely N-dealkylation sites (tertiary alicyclic amines) is 1. The fourth-order valence-corrected chi connectivity index (χ4v) is 5.95. The van der Waals surface area contributed by atoms with Crippen LogP contribution in [0.3, 0.4) is 0 Å². The molecule has 39 heavy (non-hydrogen) atoms. The highest BCUT2D eigenvalue weighted by Crippen LogP contribution is 2.27. The lowest BCUT2D eigenvalue weighted by atomic mass is 9.89. The molecule has 2 heterocycles. The summed E-state index contributed by atoms with van der Waals surface area (Å²) in [5, 5.41) is 23.8. The van der Waals surface area contributed by atoms with E-state index in [4.69, 9.17) is 5.26 Å². The first-order valence-electron chi connectivity index (χ1n) is 13.2. The Morgan fingerprint density at radius 1 is 1.13 bits per heavy atom. The number of nitrogens with zero attached hydrogens (tertiary/aromatic N) is 4. The number of carbonyl (C=O) groups is 1. The molecule has 3 aromatic rings. The maximum absolute atomic E-state index is 12.9. The molecule has 1 amide bonds. The molecule has 0 aliphatic carbocycles. The summed E-state index contributed by atoms with van der Waals surface area (Å²) in [7, 11) is 0. The van der Waals surface area contributed by atoms with Crippen LogP contribution in [0.1, 0.15) is 36.8 Å². The van der Waals surface area contributed by atoms with Crippen molar-refractivity contribution in [3.63, 3.8) is 0 Å². The van der Waals surface area contributed by atoms with Crippen molar-refractivity contribution in [2.45, 2.75) is 38.6 Å². The Hall–Kier alpha value is -4.18. The fourth-order valence-electron chi connectivity index (χ4n) is 4.86. The summed E-state index contributed by atoms with van der Waals surface area (Å²) < 4.78 is 2.07. The molecule has 0 atom stereocenters. The Morgan fingerprint density at radius 3 is 2.59 bits per heavy atom. The van der Waals surface area contributed by atoms with Gasteiger partial charge in [-0.3, -0.25) is 14.2 Å². The van der Waals surface area contributed by atoms with Crippen molar-refractivity contribution in [2.75, 3.05) is 31.5 Å². The molecule has 0 saturated carbocycles. The van der Waals surface area contributed by atoms with Gasteiger partial charge in [0.05, 0.1) is 6.07 Å². The van der Waals surface area contributed by atoms with Crippen molar-refractivity contribution in [1.29, 1.82) is 10.5 Å². The Bertz CT molecular complexity index is 1550. The lowest BCUT2D eigenvalue weighted by Gasteiger charge is -2.32. The Labute approximate surface area is 232 Å². The number of thiazole rings is 1. The molecular weight excluding hydrogens is 508 g/mol. The van der Waals surface area contributed by atoms with Crippen LogP contribution in [-0.2, 0) is 17.8 Å². The van der Waals surface area contributed by atoms with Crippen LogP contribution in [0, 0.1) is 22.7 Å². The van der Waals surface area contributed by atoms with E-state index in [1.807, 2.05) is 24.3 Å². The molecule has 1 aromatic heterocycles. The predicted octanol–water partition coefficient (Wildman–Crippen LogP) is 2.52. The summed E-state index contributed by atoms with van der Waals surface area (Å²) in [4.78, 5) is 27.8. The third-order valence-corrected chi connectivity index (χ3v) is 8.11. The molecule has 4 rings (SSSR count). The topological polar surface area (TPSA) is 114 Å². The second-order valence-corrected chi connectivity index (χ2v) is 10.4. The second kappa shape index (κ2) is 13.6. The fraction of sp³-hybridized carbons (Fsp3) is 0.333. The maximum atomic E-state index is 12.9. The molecule has 2 N–H and O–H groups in total. The van der Waals surface area contributed by atoms with Gasteiger partial charge in [-0.15, -0.1) is 11.3 Å². The molecular formula is C30H32N6O2S. The number of hydrogen-bond donors (Lipinski definition) is 2. The van der Waals surface area contributed by atoms with E-state index in [9.17, 15) is 14.9 Å². The largest absolute Gasteiger partial charge is 0.360 e. The average molecular weight is 541 g/mol. The van der Waals surface area contributed by atoms with Gasteiger partial charge in [0.15, 0.2) is 5.57 Å². The number of nitriles is 2. The lowest BCUT2D eigenvalue weighted by Crippen LogP contribution is -2.34. The van der Waals surface area contributed by atoms with Gasteiger partial charge in [0.25, 0.3) is 11.5 Å². The van der Waals surface area contributed by atoms with Gasteiger partial charge in [-0.05, 0) is 68.5 Å². The first-order chi connectivity index (χ1) is 19.0. The van der Waals surface area contributed by atoms with Gasteiger partial charge in [0, 0.05) is 25.0 Å². The smallest absolute Gasteiger partial charge is 0.270 e. The minimum atomic E-state index is -0.668. The first kappa shape index (κ1) is 27.8. The molecule has 2 aromatic carbocycles. The van der Waals surface area contributed by atoms with Gasteiger partial charge in [0.1, 0.15) is 21.8 Å². The quantitative estimate of drug-likeness (QED) is 0.403. The van der Waals surface area contributed by atoms with Gasteiger partial charge < -0.3 is 15.5 Å². The molecule has 0 unspecified atom stereocenters. The van der Waals surface area contributed by atoms with Crippen LogP contribution in [0.2, 0.25) is 0 Å². The Morgan fingerprint density at radius 2 is 1.90 bits per heavy atom. The number of piperidine rings is 1. The number of rotatable bonds is 9. The number of hydrogen-bond acceptors (Lipinski definition) is 7. The van der Waals surface area contributed by atoms with E-state index in [1.54, 1.807) is 13.1 Å². The highest BCUT2D eigenvalue weighted by atomic mass is 32.1. The highest BCUT2D eigenvalue weighted by Gasteiger charge is 2.20. The molecule has 0 bridgehead atoms. The van der Waals surface area contributed by atoms with Crippen LogP contribution in [0.25, 0.3) is 11.8 Å². The molecule has 0 spiro atoms. The zero-order valence-corrected chi connectivity index (χ0v) is 22.8. The third-order valence-electron chi connectivity index (χ3n) is 6.98. The van der Waals surface area contributed by atoms with E-state index in [0.717, 1.165) is 43.1 Å². The molecule has 1 saturated heterocycles. The van der Waals surface area contributed by atoms with E-state index in [1.165, 1.54) is 28.5 Å². The summed E-state index contributed by atoms with van der Waals surface area (Å²) in [5.41, 5.74) is 3.07. The monoisotopic (exact) mass is 540 g/mol. The SMILES string of the molecule is CCn1c(=C(C#N)C(=O)NCC#N)sc(=CNc2cccc(CCN3CCC(c4ccccc4)CC3)c2)c1=O. The summed E-state index contributed by atoms with van der Waals surface area (Å²) >= 11 is 1.08. The Kier molecular flexibility index (Phi) is 9.69. The standard InChI is InChI=1S/C30H32N6O2S/c1-2-36-29(38)27(39-30(36)26(20-32)28(37)33-15-14-31)21-34-25-10-6-7-22(19-25)11-16-35-17-12-24(13-18-35)23-8-4-3-5-9-23/h3-10,19,21,24,34H,2,11-13,15-18H2,1H3,(H,33,37). The van der Waals surface area contributed by atoms with Crippen molar-refractivity contribution in [3.8, 4) is 12.1 Å². The summed E-state index contributed by atoms with van der Waals surface area (Å²) in [6.45, 7) is 5.09. The minimum Gasteiger partial charge on any atom is -0.360 e. The van der Waals surface area contributed by atoms with E-state index >= 15 is 0 Å². The summed E-state index contributed by atoms with van der Waals surface area (Å²) in [6.07, 6.45) is 4.93. The normalized spacial score (nSPS) is 15.3. The lowest BCUT2D eigenvalue weighted by molar-refractivity contribution is -0.115. The minimum absolute atomic E-state index is 0.177. The summed E-state index contributed by atoms with van der Waals surface area (Å²) in [5.74, 6) is -0.0200. The van der Waals surface area contributed by atoms with E-state index in [2.05, 4.69) is 58.0 Å². The number of nitrogens with one attached hydrogen (secondary N) is 2. The third kappa shape index (κ3) is 7.02. The zero-order chi connectivity index (χ0) is 27.6. The van der Waals surface area contributed by atoms with Gasteiger partial charge in [-0.1, -0.05) is 42.5 Å². The van der Waals surface area contributed by atoms with Gasteiger partial charge in [-0.2, -0.15) is 10.5 Å². The summed E-state index contributed by atoms with van der Waals surface area (Å²) in [6, 6.07) is 22.6. The molecule has 0 radical (unpaired) electrons. The van der Waals surface area contributed by atoms with E-state index in [0.29, 0.717) is 17.0 Å². The number of anilines is 1. The molecule has 9 heteroatoms. The number of benzene rings is 2. The van der Waals surface area contributed by atoms with Crippen LogP contribution in [-0.4, -0.2) is 41.6 Å². The van der Waals surface area contributed by atoms with Crippen molar-refractivity contribution < 1.29 is 4.79 Å². The van der Waals surface area contributed by atoms with E-state index in [-0.39, 0.29) is 22.3 Å². The molecule has 1 fully saturated rings. The highest BCUT2D eigenvalue weighted by molar-refractivity contribution is 7.07. The van der Waals surface area contributed by atoms with Crippen LogP contribution >= 0.6 is 11.3 Å². The van der Waals surface area contributed by atoms with Crippen LogP contribution in [0.4, 0.5) is 5.69 Å². The van der Waals surface area contributed by atoms with Crippen LogP contribution in [0.5, 0.6) is 0 Å². The number of carbonyl (C=O) groups excluding carboxylic acids is 1. The van der Waals surface area contributed by atoms with Crippen molar-refractivity contribution >= 4 is 34.7 Å². The van der Waals surface area contributed by atoms with Gasteiger partial charge in [-0.25, -0.2) is 0 Å². The Balaban J connectivity index is 1.42. The van der Waals surface area contributed by atoms with Crippen LogP contribution < -0.4 is 25.4 Å². The molecule has 200 valence electrons.